The van der Waals surface area contributed by atoms with E-state index in [0.717, 1.165) is 30.5 Å². The number of hydrogen-bond donors (Lipinski definition) is 1. The van der Waals surface area contributed by atoms with Gasteiger partial charge < -0.3 is 24.6 Å². The van der Waals surface area contributed by atoms with Crippen molar-refractivity contribution in [3.05, 3.63) is 51.8 Å². The minimum atomic E-state index is -4.47. The Kier molecular flexibility index (Phi) is 9.89. The van der Waals surface area contributed by atoms with Gasteiger partial charge in [-0.1, -0.05) is 11.6 Å². The molecule has 1 heterocycles. The molecule has 1 aliphatic rings. The first-order valence-corrected chi connectivity index (χ1v) is 12.4. The molecule has 0 aliphatic carbocycles. The summed E-state index contributed by atoms with van der Waals surface area (Å²) in [5, 5.41) is 1.93. The molecule has 0 atom stereocenters. The summed E-state index contributed by atoms with van der Waals surface area (Å²) >= 11 is 6.01. The van der Waals surface area contributed by atoms with E-state index in [4.69, 9.17) is 21.1 Å². The number of rotatable bonds is 11. The molecule has 0 saturated carbocycles. The number of halogens is 5. The van der Waals surface area contributed by atoms with Crippen molar-refractivity contribution in [1.29, 1.82) is 0 Å². The number of ether oxygens (including phenoxy) is 2. The average Bonchev–Trinajstić information content (AvgIpc) is 2.98. The van der Waals surface area contributed by atoms with Crippen LogP contribution in [0.2, 0.25) is 5.02 Å². The molecule has 0 saturated heterocycles. The number of carbonyl (C=O) groups is 1. The summed E-state index contributed by atoms with van der Waals surface area (Å²) in [5.41, 5.74) is 2.28. The van der Waals surface area contributed by atoms with E-state index in [-0.39, 0.29) is 16.6 Å². The van der Waals surface area contributed by atoms with Gasteiger partial charge in [0.1, 0.15) is 12.4 Å². The van der Waals surface area contributed by atoms with Crippen LogP contribution in [0, 0.1) is 5.82 Å². The molecule has 2 aromatic rings. The number of methoxy groups -OCH3 is 2. The maximum atomic E-state index is 14.3. The van der Waals surface area contributed by atoms with Crippen LogP contribution in [0.3, 0.4) is 0 Å². The smallest absolute Gasteiger partial charge is 0.405 e. The van der Waals surface area contributed by atoms with Crippen LogP contribution >= 0.6 is 11.6 Å². The molecule has 0 aromatic heterocycles. The molecule has 0 bridgehead atoms. The fourth-order valence-corrected chi connectivity index (χ4v) is 4.64. The standard InChI is InChI=1S/C26H32ClF4N3O3/c1-33(9-5-17-11-20(27)25(21(28)12-17)32-16-26(29,30)31)7-4-8-34-10-6-18-13-22(36-2)23(37-3)14-19(18)15-24(34)35/h11-14,32H,4-10,15-16H2,1-3H3. The zero-order chi connectivity index (χ0) is 27.2. The van der Waals surface area contributed by atoms with E-state index in [2.05, 4.69) is 4.90 Å². The average molecular weight is 546 g/mol. The van der Waals surface area contributed by atoms with Crippen LogP contribution in [0.4, 0.5) is 23.2 Å². The van der Waals surface area contributed by atoms with Gasteiger partial charge >= 0.3 is 6.18 Å². The number of nitrogens with one attached hydrogen (secondary N) is 1. The highest BCUT2D eigenvalue weighted by molar-refractivity contribution is 6.33. The lowest BCUT2D eigenvalue weighted by molar-refractivity contribution is -0.130. The van der Waals surface area contributed by atoms with Crippen LogP contribution in [0.25, 0.3) is 0 Å². The number of likely N-dealkylation sites (N-methyl/N-ethyl adjacent to an activating group) is 1. The summed E-state index contributed by atoms with van der Waals surface area (Å²) in [7, 11) is 5.09. The number of anilines is 1. The maximum Gasteiger partial charge on any atom is 0.405 e. The molecule has 204 valence electrons. The molecular weight excluding hydrogens is 514 g/mol. The second-order valence-electron chi connectivity index (χ2n) is 9.09. The third kappa shape index (κ3) is 8.13. The highest BCUT2D eigenvalue weighted by Crippen LogP contribution is 2.32. The van der Waals surface area contributed by atoms with Gasteiger partial charge in [-0.3, -0.25) is 4.79 Å². The van der Waals surface area contributed by atoms with E-state index in [1.54, 1.807) is 14.2 Å². The number of carbonyl (C=O) groups excluding carboxylic acids is 1. The Bertz CT molecular complexity index is 1070. The predicted octanol–water partition coefficient (Wildman–Crippen LogP) is 4.96. The maximum absolute atomic E-state index is 14.3. The predicted molar refractivity (Wildman–Crippen MR) is 135 cm³/mol. The number of amides is 1. The van der Waals surface area contributed by atoms with Crippen LogP contribution < -0.4 is 14.8 Å². The second kappa shape index (κ2) is 12.7. The molecular formula is C26H32ClF4N3O3. The highest BCUT2D eigenvalue weighted by atomic mass is 35.5. The molecule has 6 nitrogen and oxygen atoms in total. The normalized spacial score (nSPS) is 14.0. The first-order chi connectivity index (χ1) is 17.5. The zero-order valence-electron chi connectivity index (χ0n) is 21.2. The lowest BCUT2D eigenvalue weighted by atomic mass is 10.0. The molecule has 1 aliphatic heterocycles. The fraction of sp³-hybridized carbons (Fsp3) is 0.500. The van der Waals surface area contributed by atoms with Crippen molar-refractivity contribution >= 4 is 23.2 Å². The number of nitrogens with zero attached hydrogens (tertiary/aromatic N) is 2. The van der Waals surface area contributed by atoms with Crippen LogP contribution in [-0.4, -0.2) is 75.9 Å². The Balaban J connectivity index is 1.47. The van der Waals surface area contributed by atoms with Crippen LogP contribution in [0.15, 0.2) is 24.3 Å². The third-order valence-electron chi connectivity index (χ3n) is 6.37. The highest BCUT2D eigenvalue weighted by Gasteiger charge is 2.28. The van der Waals surface area contributed by atoms with E-state index < -0.39 is 18.5 Å². The van der Waals surface area contributed by atoms with Gasteiger partial charge in [-0.15, -0.1) is 0 Å². The summed E-state index contributed by atoms with van der Waals surface area (Å²) in [6, 6.07) is 6.49. The van der Waals surface area contributed by atoms with Gasteiger partial charge in [-0.2, -0.15) is 13.2 Å². The van der Waals surface area contributed by atoms with Gasteiger partial charge in [0.2, 0.25) is 5.91 Å². The molecule has 1 N–H and O–H groups in total. The van der Waals surface area contributed by atoms with Crippen molar-refractivity contribution < 1.29 is 31.8 Å². The molecule has 0 unspecified atom stereocenters. The topological polar surface area (TPSA) is 54.0 Å². The summed E-state index contributed by atoms with van der Waals surface area (Å²) in [4.78, 5) is 16.8. The Labute approximate surface area is 219 Å². The van der Waals surface area contributed by atoms with Gasteiger partial charge in [0.25, 0.3) is 0 Å². The molecule has 0 radical (unpaired) electrons. The van der Waals surface area contributed by atoms with E-state index in [1.807, 2.05) is 29.4 Å². The Morgan fingerprint density at radius 1 is 1.08 bits per heavy atom. The molecule has 11 heteroatoms. The van der Waals surface area contributed by atoms with Crippen molar-refractivity contribution in [2.75, 3.05) is 59.3 Å². The van der Waals surface area contributed by atoms with E-state index >= 15 is 0 Å². The van der Waals surface area contributed by atoms with Gasteiger partial charge in [-0.25, -0.2) is 4.39 Å². The Hall–Kier alpha value is -2.72. The number of alkyl halides is 3. The van der Waals surface area contributed by atoms with Gasteiger partial charge in [0.05, 0.1) is 31.4 Å². The van der Waals surface area contributed by atoms with Crippen molar-refractivity contribution in [2.45, 2.75) is 31.9 Å². The van der Waals surface area contributed by atoms with E-state index in [9.17, 15) is 22.4 Å². The fourth-order valence-electron chi connectivity index (χ4n) is 4.34. The van der Waals surface area contributed by atoms with Gasteiger partial charge in [-0.05, 0) is 73.8 Å². The quantitative estimate of drug-likeness (QED) is 0.404. The van der Waals surface area contributed by atoms with Crippen molar-refractivity contribution in [3.63, 3.8) is 0 Å². The van der Waals surface area contributed by atoms with Crippen molar-refractivity contribution in [2.24, 2.45) is 0 Å². The van der Waals surface area contributed by atoms with Gasteiger partial charge in [0, 0.05) is 19.6 Å². The van der Waals surface area contributed by atoms with Crippen molar-refractivity contribution in [3.8, 4) is 11.5 Å². The molecule has 0 spiro atoms. The summed E-state index contributed by atoms with van der Waals surface area (Å²) < 4.78 is 62.3. The largest absolute Gasteiger partial charge is 0.493 e. The molecule has 2 aromatic carbocycles. The minimum absolute atomic E-state index is 0.0676. The van der Waals surface area contributed by atoms with E-state index in [1.165, 1.54) is 12.1 Å². The first kappa shape index (κ1) is 28.8. The molecule has 3 rings (SSSR count). The van der Waals surface area contributed by atoms with Crippen molar-refractivity contribution in [1.82, 2.24) is 9.80 Å². The lowest BCUT2D eigenvalue weighted by Crippen LogP contribution is -2.35. The summed E-state index contributed by atoms with van der Waals surface area (Å²) in [5.74, 6) is 0.512. The Morgan fingerprint density at radius 2 is 1.76 bits per heavy atom. The van der Waals surface area contributed by atoms with E-state index in [0.29, 0.717) is 49.5 Å². The number of hydrogen-bond acceptors (Lipinski definition) is 5. The number of benzene rings is 2. The van der Waals surface area contributed by atoms with Crippen LogP contribution in [0.5, 0.6) is 11.5 Å². The van der Waals surface area contributed by atoms with Crippen LogP contribution in [-0.2, 0) is 24.1 Å². The Morgan fingerprint density at radius 3 is 2.38 bits per heavy atom. The number of fused-ring (bicyclic) bond motifs is 1. The molecule has 1 amide bonds. The summed E-state index contributed by atoms with van der Waals surface area (Å²) in [6.45, 7) is 1.20. The monoisotopic (exact) mass is 545 g/mol. The summed E-state index contributed by atoms with van der Waals surface area (Å²) in [6.07, 6.45) is -2.18. The SMILES string of the molecule is COc1cc2c(cc1OC)CC(=O)N(CCCN(C)CCc1cc(F)c(NCC(F)(F)F)c(Cl)c1)CC2. The third-order valence-corrected chi connectivity index (χ3v) is 6.67. The lowest BCUT2D eigenvalue weighted by Gasteiger charge is -2.23. The zero-order valence-corrected chi connectivity index (χ0v) is 21.9. The van der Waals surface area contributed by atoms with Gasteiger partial charge in [0.15, 0.2) is 11.5 Å². The second-order valence-corrected chi connectivity index (χ2v) is 9.50. The molecule has 37 heavy (non-hydrogen) atoms. The minimum Gasteiger partial charge on any atom is -0.493 e. The van der Waals surface area contributed by atoms with Crippen LogP contribution in [0.1, 0.15) is 23.1 Å². The molecule has 0 fully saturated rings. The first-order valence-electron chi connectivity index (χ1n) is 12.0.